The molecule has 1 rings (SSSR count). The lowest BCUT2D eigenvalue weighted by Gasteiger charge is -2.07. The van der Waals surface area contributed by atoms with Gasteiger partial charge in [0.2, 0.25) is 5.91 Å². The maximum atomic E-state index is 11.2. The first-order chi connectivity index (χ1) is 7.18. The highest BCUT2D eigenvalue weighted by molar-refractivity contribution is 5.75. The molecule has 0 saturated heterocycles. The van der Waals surface area contributed by atoms with Crippen molar-refractivity contribution in [2.24, 2.45) is 0 Å². The summed E-state index contributed by atoms with van der Waals surface area (Å²) in [5.41, 5.74) is 1.24. The summed E-state index contributed by atoms with van der Waals surface area (Å²) in [4.78, 5) is 11.2. The molecule has 1 aromatic carbocycles. The van der Waals surface area contributed by atoms with Gasteiger partial charge in [-0.15, -0.1) is 0 Å². The lowest BCUT2D eigenvalue weighted by atomic mass is 10.1. The Morgan fingerprint density at radius 2 is 2.07 bits per heavy atom. The number of hydrogen-bond acceptors (Lipinski definition) is 2. The molecule has 82 valence electrons. The average molecular weight is 207 g/mol. The third kappa shape index (κ3) is 5.18. The molecule has 1 atom stereocenters. The molecule has 0 aliphatic rings. The van der Waals surface area contributed by atoms with Crippen molar-refractivity contribution < 1.29 is 9.90 Å². The maximum absolute atomic E-state index is 11.2. The zero-order valence-electron chi connectivity index (χ0n) is 8.94. The fourth-order valence-electron chi connectivity index (χ4n) is 1.40. The predicted octanol–water partition coefficient (Wildman–Crippen LogP) is 1.46. The zero-order chi connectivity index (χ0) is 11.1. The fraction of sp³-hybridized carbons (Fsp3) is 0.417. The van der Waals surface area contributed by atoms with Crippen LogP contribution < -0.4 is 5.32 Å². The van der Waals surface area contributed by atoms with Crippen LogP contribution in [0, 0.1) is 0 Å². The number of aliphatic hydroxyl groups excluding tert-OH is 1. The second kappa shape index (κ2) is 6.19. The summed E-state index contributed by atoms with van der Waals surface area (Å²) in [7, 11) is 0. The van der Waals surface area contributed by atoms with Crippen molar-refractivity contribution in [3.63, 3.8) is 0 Å². The fourth-order valence-corrected chi connectivity index (χ4v) is 1.40. The second-order valence-electron chi connectivity index (χ2n) is 3.58. The maximum Gasteiger partial charge on any atom is 0.221 e. The number of aliphatic hydroxyl groups is 1. The van der Waals surface area contributed by atoms with Crippen molar-refractivity contribution in [2.75, 3.05) is 0 Å². The first-order valence-electron chi connectivity index (χ1n) is 5.20. The topological polar surface area (TPSA) is 49.3 Å². The molecule has 0 spiro atoms. The summed E-state index contributed by atoms with van der Waals surface area (Å²) in [6.07, 6.45) is 1.41. The van der Waals surface area contributed by atoms with Gasteiger partial charge < -0.3 is 10.4 Å². The minimum absolute atomic E-state index is 0.0964. The number of aryl methyl sites for hydroxylation is 1. The zero-order valence-corrected chi connectivity index (χ0v) is 8.94. The Hall–Kier alpha value is -1.35. The Bertz CT molecular complexity index is 296. The molecular formula is C12H17NO2. The minimum Gasteiger partial charge on any atom is -0.374 e. The van der Waals surface area contributed by atoms with Crippen LogP contribution in [0.15, 0.2) is 30.3 Å². The molecule has 0 aromatic heterocycles. The van der Waals surface area contributed by atoms with E-state index in [0.717, 1.165) is 12.8 Å². The monoisotopic (exact) mass is 207 g/mol. The normalized spacial score (nSPS) is 12.1. The molecule has 15 heavy (non-hydrogen) atoms. The highest BCUT2D eigenvalue weighted by atomic mass is 16.3. The van der Waals surface area contributed by atoms with Gasteiger partial charge in [0, 0.05) is 6.42 Å². The van der Waals surface area contributed by atoms with Crippen molar-refractivity contribution in [3.8, 4) is 0 Å². The van der Waals surface area contributed by atoms with Crippen LogP contribution in [0.25, 0.3) is 0 Å². The van der Waals surface area contributed by atoms with Crippen LogP contribution in [0.5, 0.6) is 0 Å². The van der Waals surface area contributed by atoms with E-state index in [1.807, 2.05) is 30.3 Å². The van der Waals surface area contributed by atoms with E-state index >= 15 is 0 Å². The molecule has 3 nitrogen and oxygen atoms in total. The highest BCUT2D eigenvalue weighted by Crippen LogP contribution is 2.04. The van der Waals surface area contributed by atoms with Crippen LogP contribution in [0.2, 0.25) is 0 Å². The third-order valence-corrected chi connectivity index (χ3v) is 2.08. The van der Waals surface area contributed by atoms with Crippen LogP contribution in [0.3, 0.4) is 0 Å². The number of benzene rings is 1. The van der Waals surface area contributed by atoms with Gasteiger partial charge in [0.25, 0.3) is 0 Å². The molecule has 0 radical (unpaired) electrons. The Morgan fingerprint density at radius 3 is 2.67 bits per heavy atom. The molecule has 1 amide bonds. The van der Waals surface area contributed by atoms with E-state index in [2.05, 4.69) is 5.32 Å². The summed E-state index contributed by atoms with van der Waals surface area (Å²) < 4.78 is 0. The number of amides is 1. The van der Waals surface area contributed by atoms with Crippen LogP contribution in [-0.2, 0) is 11.2 Å². The van der Waals surface area contributed by atoms with E-state index in [4.69, 9.17) is 5.11 Å². The number of nitrogens with one attached hydrogen (secondary N) is 1. The summed E-state index contributed by atoms with van der Waals surface area (Å²) in [5.74, 6) is -0.0964. The summed E-state index contributed by atoms with van der Waals surface area (Å²) in [6.45, 7) is 1.54. The smallest absolute Gasteiger partial charge is 0.221 e. The van der Waals surface area contributed by atoms with Gasteiger partial charge in [0.15, 0.2) is 0 Å². The van der Waals surface area contributed by atoms with Gasteiger partial charge >= 0.3 is 0 Å². The first-order valence-corrected chi connectivity index (χ1v) is 5.20. The Balaban J connectivity index is 2.19. The lowest BCUT2D eigenvalue weighted by molar-refractivity contribution is -0.123. The minimum atomic E-state index is -0.755. The van der Waals surface area contributed by atoms with Gasteiger partial charge in [-0.25, -0.2) is 0 Å². The molecule has 0 saturated carbocycles. The number of carbonyl (C=O) groups excluding carboxylic acids is 1. The summed E-state index contributed by atoms with van der Waals surface area (Å²) >= 11 is 0. The van der Waals surface area contributed by atoms with Gasteiger partial charge in [-0.05, 0) is 25.3 Å². The van der Waals surface area contributed by atoms with E-state index < -0.39 is 6.23 Å². The van der Waals surface area contributed by atoms with Crippen LogP contribution in [0.4, 0.5) is 0 Å². The summed E-state index contributed by atoms with van der Waals surface area (Å²) in [5, 5.41) is 11.4. The van der Waals surface area contributed by atoms with Crippen molar-refractivity contribution in [3.05, 3.63) is 35.9 Å². The van der Waals surface area contributed by atoms with Crippen LogP contribution >= 0.6 is 0 Å². The molecule has 1 unspecified atom stereocenters. The third-order valence-electron chi connectivity index (χ3n) is 2.08. The molecule has 2 N–H and O–H groups in total. The largest absolute Gasteiger partial charge is 0.374 e. The van der Waals surface area contributed by atoms with Gasteiger partial charge in [-0.3, -0.25) is 4.79 Å². The predicted molar refractivity (Wildman–Crippen MR) is 59.2 cm³/mol. The second-order valence-corrected chi connectivity index (χ2v) is 3.58. The standard InChI is InChI=1S/C12H17NO2/c1-10(14)13-12(15)9-5-8-11-6-3-2-4-7-11/h2-4,6-7,10,14H,5,8-9H2,1H3,(H,13,15). The van der Waals surface area contributed by atoms with Gasteiger partial charge in [-0.2, -0.15) is 0 Å². The van der Waals surface area contributed by atoms with Crippen molar-refractivity contribution in [2.45, 2.75) is 32.4 Å². The van der Waals surface area contributed by atoms with E-state index in [1.165, 1.54) is 12.5 Å². The number of hydrogen-bond donors (Lipinski definition) is 2. The van der Waals surface area contributed by atoms with Crippen LogP contribution in [0.1, 0.15) is 25.3 Å². The Morgan fingerprint density at radius 1 is 1.40 bits per heavy atom. The molecule has 3 heteroatoms. The molecular weight excluding hydrogens is 190 g/mol. The van der Waals surface area contributed by atoms with E-state index in [0.29, 0.717) is 6.42 Å². The number of rotatable bonds is 5. The van der Waals surface area contributed by atoms with Gasteiger partial charge in [0.1, 0.15) is 6.23 Å². The summed E-state index contributed by atoms with van der Waals surface area (Å²) in [6, 6.07) is 10.1. The van der Waals surface area contributed by atoms with Crippen molar-refractivity contribution in [1.82, 2.24) is 5.32 Å². The molecule has 0 bridgehead atoms. The van der Waals surface area contributed by atoms with Crippen molar-refractivity contribution in [1.29, 1.82) is 0 Å². The molecule has 1 aromatic rings. The van der Waals surface area contributed by atoms with E-state index in [-0.39, 0.29) is 5.91 Å². The highest BCUT2D eigenvalue weighted by Gasteiger charge is 2.03. The number of carbonyl (C=O) groups is 1. The quantitative estimate of drug-likeness (QED) is 0.718. The van der Waals surface area contributed by atoms with Gasteiger partial charge in [-0.1, -0.05) is 30.3 Å². The Kier molecular flexibility index (Phi) is 4.84. The SMILES string of the molecule is CC(O)NC(=O)CCCc1ccccc1. The molecule has 0 aliphatic heterocycles. The molecule has 0 heterocycles. The molecule has 0 fully saturated rings. The Labute approximate surface area is 90.1 Å². The average Bonchev–Trinajstić information content (AvgIpc) is 2.18. The van der Waals surface area contributed by atoms with E-state index in [1.54, 1.807) is 0 Å². The lowest BCUT2D eigenvalue weighted by Crippen LogP contribution is -2.31. The van der Waals surface area contributed by atoms with Crippen molar-refractivity contribution >= 4 is 5.91 Å². The first kappa shape index (κ1) is 11.7. The van der Waals surface area contributed by atoms with Crippen LogP contribution in [-0.4, -0.2) is 17.2 Å². The molecule has 0 aliphatic carbocycles. The van der Waals surface area contributed by atoms with Gasteiger partial charge in [0.05, 0.1) is 0 Å². The van der Waals surface area contributed by atoms with E-state index in [9.17, 15) is 4.79 Å².